The number of hydrogen-bond acceptors (Lipinski definition) is 5. The van der Waals surface area contributed by atoms with Crippen molar-refractivity contribution < 1.29 is 21.8 Å². The van der Waals surface area contributed by atoms with Gasteiger partial charge in [-0.25, -0.2) is 4.79 Å². The van der Waals surface area contributed by atoms with Crippen LogP contribution in [0.3, 0.4) is 0 Å². The van der Waals surface area contributed by atoms with E-state index < -0.39 is 10.1 Å². The van der Waals surface area contributed by atoms with Crippen LogP contribution in [0.25, 0.3) is 0 Å². The largest absolute Gasteiger partial charge is 0.467 e. The normalized spacial score (nSPS) is 11.1. The minimum atomic E-state index is -3.64. The number of nitrogens with one attached hydrogen (secondary N) is 1. The molecule has 0 aliphatic heterocycles. The molecule has 0 bridgehead atoms. The summed E-state index contributed by atoms with van der Waals surface area (Å²) in [5, 5.41) is 3.32. The Balaban J connectivity index is 1.79. The summed E-state index contributed by atoms with van der Waals surface area (Å²) in [6.07, 6.45) is 1.53. The molecule has 3 rings (SSSR count). The molecule has 0 fully saturated rings. The fourth-order valence-electron chi connectivity index (χ4n) is 2.68. The van der Waals surface area contributed by atoms with Gasteiger partial charge in [0.15, 0.2) is 0 Å². The van der Waals surface area contributed by atoms with Crippen molar-refractivity contribution in [3.8, 4) is 5.75 Å². The molecule has 0 aliphatic rings. The van der Waals surface area contributed by atoms with E-state index >= 15 is 0 Å². The van der Waals surface area contributed by atoms with Gasteiger partial charge in [-0.1, -0.05) is 29.8 Å². The number of benzene rings is 2. The average molecular weight is 449 g/mol. The van der Waals surface area contributed by atoms with Crippen LogP contribution in [0.15, 0.2) is 71.3 Å². The van der Waals surface area contributed by atoms with Crippen molar-refractivity contribution in [1.29, 1.82) is 0 Å². The van der Waals surface area contributed by atoms with Crippen LogP contribution in [0.1, 0.15) is 18.2 Å². The van der Waals surface area contributed by atoms with E-state index in [1.54, 1.807) is 60.7 Å². The third kappa shape index (κ3) is 6.27. The van der Waals surface area contributed by atoms with Gasteiger partial charge < -0.3 is 18.8 Å². The van der Waals surface area contributed by atoms with Crippen molar-refractivity contribution >= 4 is 33.4 Å². The van der Waals surface area contributed by atoms with Crippen molar-refractivity contribution in [2.45, 2.75) is 20.0 Å². The highest BCUT2D eigenvalue weighted by Crippen LogP contribution is 2.20. The van der Waals surface area contributed by atoms with E-state index in [2.05, 4.69) is 5.32 Å². The lowest BCUT2D eigenvalue weighted by molar-refractivity contribution is 0.201. The Labute approximate surface area is 180 Å². The number of rotatable bonds is 8. The second-order valence-electron chi connectivity index (χ2n) is 6.45. The second kappa shape index (κ2) is 9.69. The first-order chi connectivity index (χ1) is 14.3. The molecular weight excluding hydrogens is 428 g/mol. The first kappa shape index (κ1) is 21.7. The van der Waals surface area contributed by atoms with Gasteiger partial charge in [-0.15, -0.1) is 0 Å². The fraction of sp³-hybridized carbons (Fsp3) is 0.190. The van der Waals surface area contributed by atoms with Crippen LogP contribution < -0.4 is 9.50 Å². The molecule has 0 saturated carbocycles. The summed E-state index contributed by atoms with van der Waals surface area (Å²) >= 11 is 5.99. The second-order valence-corrected chi connectivity index (χ2v) is 8.75. The minimum Gasteiger partial charge on any atom is -0.467 e. The number of amides is 2. The maximum atomic E-state index is 12.9. The van der Waals surface area contributed by atoms with Crippen LogP contribution in [0.2, 0.25) is 5.02 Å². The van der Waals surface area contributed by atoms with E-state index in [4.69, 9.17) is 20.2 Å². The fourth-order valence-corrected chi connectivity index (χ4v) is 3.39. The molecule has 30 heavy (non-hydrogen) atoms. The molecule has 0 radical (unpaired) electrons. The van der Waals surface area contributed by atoms with Gasteiger partial charge in [0.1, 0.15) is 11.5 Å². The van der Waals surface area contributed by atoms with E-state index in [1.165, 1.54) is 18.1 Å². The predicted octanol–water partition coefficient (Wildman–Crippen LogP) is 4.90. The zero-order valence-corrected chi connectivity index (χ0v) is 17.8. The average Bonchev–Trinajstić information content (AvgIpc) is 3.21. The minimum absolute atomic E-state index is 0.135. The van der Waals surface area contributed by atoms with E-state index in [-0.39, 0.29) is 30.6 Å². The molecule has 0 aliphatic carbocycles. The molecule has 0 spiro atoms. The number of nitrogens with zero attached hydrogens (tertiary/aromatic N) is 1. The first-order valence-electron chi connectivity index (χ1n) is 9.19. The third-order valence-corrected chi connectivity index (χ3v) is 5.53. The summed E-state index contributed by atoms with van der Waals surface area (Å²) in [7, 11) is -3.64. The molecule has 0 atom stereocenters. The van der Waals surface area contributed by atoms with Crippen molar-refractivity contribution in [1.82, 2.24) is 4.90 Å². The van der Waals surface area contributed by atoms with Crippen molar-refractivity contribution in [2.24, 2.45) is 0 Å². The molecule has 9 heteroatoms. The van der Waals surface area contributed by atoms with Crippen LogP contribution in [-0.4, -0.2) is 25.1 Å². The standard InChI is InChI=1S/C21H21ClN2O5S/c1-2-30(26,27)29-19-9-3-6-16(12-19)14-24(15-20-10-5-11-28-20)21(25)23-18-8-4-7-17(22)13-18/h3-13H,2,14-15H2,1H3,(H,23,25). The Kier molecular flexibility index (Phi) is 7.02. The summed E-state index contributed by atoms with van der Waals surface area (Å²) in [5.74, 6) is 0.670. The van der Waals surface area contributed by atoms with Crippen molar-refractivity contribution in [2.75, 3.05) is 11.1 Å². The highest BCUT2D eigenvalue weighted by atomic mass is 35.5. The Bertz CT molecular complexity index is 1100. The maximum Gasteiger partial charge on any atom is 0.322 e. The molecular formula is C21H21ClN2O5S. The van der Waals surface area contributed by atoms with Crippen molar-refractivity contribution in [3.05, 3.63) is 83.3 Å². The number of halogens is 1. The smallest absolute Gasteiger partial charge is 0.322 e. The van der Waals surface area contributed by atoms with Gasteiger partial charge in [0.05, 0.1) is 18.6 Å². The summed E-state index contributed by atoms with van der Waals surface area (Å²) in [6, 6.07) is 16.6. The molecule has 0 unspecified atom stereocenters. The number of carbonyl (C=O) groups excluding carboxylic acids is 1. The third-order valence-electron chi connectivity index (χ3n) is 4.14. The molecule has 1 heterocycles. The van der Waals surface area contributed by atoms with Crippen LogP contribution in [0.4, 0.5) is 10.5 Å². The maximum absolute atomic E-state index is 12.9. The Morgan fingerprint density at radius 2 is 1.90 bits per heavy atom. The molecule has 2 amide bonds. The highest BCUT2D eigenvalue weighted by molar-refractivity contribution is 7.87. The number of anilines is 1. The van der Waals surface area contributed by atoms with Gasteiger partial charge in [0.25, 0.3) is 0 Å². The monoisotopic (exact) mass is 448 g/mol. The van der Waals surface area contributed by atoms with Gasteiger partial charge in [-0.05, 0) is 55.0 Å². The van der Waals surface area contributed by atoms with E-state index in [0.29, 0.717) is 22.0 Å². The lowest BCUT2D eigenvalue weighted by atomic mass is 10.2. The topological polar surface area (TPSA) is 88.9 Å². The summed E-state index contributed by atoms with van der Waals surface area (Å²) in [5.41, 5.74) is 1.26. The first-order valence-corrected chi connectivity index (χ1v) is 11.1. The lowest BCUT2D eigenvalue weighted by Crippen LogP contribution is -2.34. The molecule has 158 valence electrons. The molecule has 0 saturated heterocycles. The highest BCUT2D eigenvalue weighted by Gasteiger charge is 2.17. The zero-order chi connectivity index (χ0) is 21.6. The quantitative estimate of drug-likeness (QED) is 0.495. The van der Waals surface area contributed by atoms with E-state index in [9.17, 15) is 13.2 Å². The van der Waals surface area contributed by atoms with Crippen LogP contribution in [0, 0.1) is 0 Å². The molecule has 1 N–H and O–H groups in total. The predicted molar refractivity (Wildman–Crippen MR) is 115 cm³/mol. The van der Waals surface area contributed by atoms with Gasteiger partial charge >= 0.3 is 16.1 Å². The van der Waals surface area contributed by atoms with Gasteiger partial charge in [0.2, 0.25) is 0 Å². The van der Waals surface area contributed by atoms with Crippen LogP contribution >= 0.6 is 11.6 Å². The Hall–Kier alpha value is -2.97. The zero-order valence-electron chi connectivity index (χ0n) is 16.2. The van der Waals surface area contributed by atoms with Crippen molar-refractivity contribution in [3.63, 3.8) is 0 Å². The Morgan fingerprint density at radius 1 is 1.10 bits per heavy atom. The molecule has 7 nitrogen and oxygen atoms in total. The van der Waals surface area contributed by atoms with Gasteiger partial charge in [-0.2, -0.15) is 8.42 Å². The van der Waals surface area contributed by atoms with Gasteiger partial charge in [0, 0.05) is 17.3 Å². The number of carbonyl (C=O) groups is 1. The van der Waals surface area contributed by atoms with E-state index in [0.717, 1.165) is 0 Å². The summed E-state index contributed by atoms with van der Waals surface area (Å²) in [4.78, 5) is 14.5. The van der Waals surface area contributed by atoms with Gasteiger partial charge in [-0.3, -0.25) is 0 Å². The van der Waals surface area contributed by atoms with E-state index in [1.807, 2.05) is 0 Å². The van der Waals surface area contributed by atoms with Crippen LogP contribution in [0.5, 0.6) is 5.75 Å². The number of urea groups is 1. The molecule has 1 aromatic heterocycles. The SMILES string of the molecule is CCS(=O)(=O)Oc1cccc(CN(Cc2ccco2)C(=O)Nc2cccc(Cl)c2)c1. The summed E-state index contributed by atoms with van der Waals surface area (Å²) < 4.78 is 33.9. The molecule has 3 aromatic rings. The van der Waals surface area contributed by atoms with Crippen LogP contribution in [-0.2, 0) is 23.2 Å². The lowest BCUT2D eigenvalue weighted by Gasteiger charge is -2.22. The number of furan rings is 1. The summed E-state index contributed by atoms with van der Waals surface area (Å²) in [6.45, 7) is 1.93. The Morgan fingerprint density at radius 3 is 2.60 bits per heavy atom. The molecule has 2 aromatic carbocycles. The number of hydrogen-bond donors (Lipinski definition) is 1.